The molecule has 1 aromatic carbocycles. The summed E-state index contributed by atoms with van der Waals surface area (Å²) < 4.78 is 5.41. The van der Waals surface area contributed by atoms with Gasteiger partial charge in [0.15, 0.2) is 0 Å². The van der Waals surface area contributed by atoms with Crippen LogP contribution in [0.15, 0.2) is 48.8 Å². The first kappa shape index (κ1) is 19.0. The van der Waals surface area contributed by atoms with Gasteiger partial charge in [0.1, 0.15) is 11.6 Å². The second-order valence-electron chi connectivity index (χ2n) is 7.24. The van der Waals surface area contributed by atoms with E-state index in [0.717, 1.165) is 53.5 Å². The summed E-state index contributed by atoms with van der Waals surface area (Å²) >= 11 is 0. The summed E-state index contributed by atoms with van der Waals surface area (Å²) in [5.74, 6) is 2.04. The molecule has 7 nitrogen and oxygen atoms in total. The molecule has 0 radical (unpaired) electrons. The average molecular weight is 391 g/mol. The number of carbonyl (C=O) groups excluding carboxylic acids is 1. The second kappa shape index (κ2) is 8.34. The summed E-state index contributed by atoms with van der Waals surface area (Å²) in [4.78, 5) is 18.0. The molecular weight excluding hydrogens is 366 g/mol. The number of aromatic nitrogens is 3. The molecule has 1 aliphatic rings. The van der Waals surface area contributed by atoms with Crippen molar-refractivity contribution in [3.05, 3.63) is 60.0 Å². The van der Waals surface area contributed by atoms with Crippen molar-refractivity contribution in [2.75, 3.05) is 25.5 Å². The number of hydrogen-bond acceptors (Lipinski definition) is 5. The molecule has 0 bridgehead atoms. The minimum atomic E-state index is 0.125. The molecular formula is C22H25N5O2. The Morgan fingerprint density at radius 3 is 3.00 bits per heavy atom. The van der Waals surface area contributed by atoms with E-state index in [-0.39, 0.29) is 11.8 Å². The molecule has 0 aliphatic carbocycles. The SMILES string of the molecule is COc1ccccc1CNc1cc(-c2cn[nH]c2[C@H]2CCN(C(C)=O)C2)ccn1. The third kappa shape index (κ3) is 4.08. The van der Waals surface area contributed by atoms with E-state index in [4.69, 9.17) is 4.74 Å². The van der Waals surface area contributed by atoms with Crippen LogP contribution in [-0.2, 0) is 11.3 Å². The number of nitrogens with one attached hydrogen (secondary N) is 2. The molecule has 4 rings (SSSR count). The van der Waals surface area contributed by atoms with E-state index in [0.29, 0.717) is 6.54 Å². The summed E-state index contributed by atoms with van der Waals surface area (Å²) in [5, 5.41) is 10.8. The van der Waals surface area contributed by atoms with Crippen LogP contribution in [0, 0.1) is 0 Å². The van der Waals surface area contributed by atoms with Crippen molar-refractivity contribution in [2.24, 2.45) is 0 Å². The molecule has 150 valence electrons. The monoisotopic (exact) mass is 391 g/mol. The van der Waals surface area contributed by atoms with Crippen molar-refractivity contribution in [3.8, 4) is 16.9 Å². The Labute approximate surface area is 170 Å². The van der Waals surface area contributed by atoms with E-state index in [9.17, 15) is 4.79 Å². The third-order valence-electron chi connectivity index (χ3n) is 5.43. The smallest absolute Gasteiger partial charge is 0.219 e. The Hall–Kier alpha value is -3.35. The minimum Gasteiger partial charge on any atom is -0.496 e. The maximum atomic E-state index is 11.7. The molecule has 1 saturated heterocycles. The van der Waals surface area contributed by atoms with Crippen LogP contribution in [0.2, 0.25) is 0 Å². The Morgan fingerprint density at radius 1 is 1.34 bits per heavy atom. The summed E-state index contributed by atoms with van der Waals surface area (Å²) in [6.07, 6.45) is 4.59. The van der Waals surface area contributed by atoms with Crippen molar-refractivity contribution in [2.45, 2.75) is 25.8 Å². The van der Waals surface area contributed by atoms with Gasteiger partial charge in [-0.2, -0.15) is 5.10 Å². The van der Waals surface area contributed by atoms with Crippen LogP contribution in [-0.4, -0.2) is 46.2 Å². The lowest BCUT2D eigenvalue weighted by Crippen LogP contribution is -2.25. The van der Waals surface area contributed by atoms with Crippen molar-refractivity contribution in [1.29, 1.82) is 0 Å². The predicted molar refractivity (Wildman–Crippen MR) is 112 cm³/mol. The fourth-order valence-corrected chi connectivity index (χ4v) is 3.85. The number of anilines is 1. The molecule has 1 aliphatic heterocycles. The molecule has 1 atom stereocenters. The highest BCUT2D eigenvalue weighted by molar-refractivity contribution is 5.74. The molecule has 2 N–H and O–H groups in total. The number of para-hydroxylation sites is 1. The summed E-state index contributed by atoms with van der Waals surface area (Å²) in [7, 11) is 1.67. The number of carbonyl (C=O) groups is 1. The Bertz CT molecular complexity index is 1000. The van der Waals surface area contributed by atoms with Crippen LogP contribution in [0.3, 0.4) is 0 Å². The molecule has 29 heavy (non-hydrogen) atoms. The highest BCUT2D eigenvalue weighted by Crippen LogP contribution is 2.33. The summed E-state index contributed by atoms with van der Waals surface area (Å²) in [6.45, 7) is 3.77. The lowest BCUT2D eigenvalue weighted by atomic mass is 9.97. The fourth-order valence-electron chi connectivity index (χ4n) is 3.85. The normalized spacial score (nSPS) is 16.1. The number of amides is 1. The van der Waals surface area contributed by atoms with Crippen LogP contribution in [0.25, 0.3) is 11.1 Å². The standard InChI is InChI=1S/C22H25N5O2/c1-15(28)27-10-8-18(14-27)22-19(13-25-26-22)16-7-9-23-21(11-16)24-12-17-5-3-4-6-20(17)29-2/h3-7,9,11,13,18H,8,10,12,14H2,1-2H3,(H,23,24)(H,25,26)/t18-/m0/s1. The maximum Gasteiger partial charge on any atom is 0.219 e. The molecule has 1 fully saturated rings. The highest BCUT2D eigenvalue weighted by atomic mass is 16.5. The third-order valence-corrected chi connectivity index (χ3v) is 5.43. The minimum absolute atomic E-state index is 0.125. The number of rotatable bonds is 6. The molecule has 2 aromatic heterocycles. The predicted octanol–water partition coefficient (Wildman–Crippen LogP) is 3.43. The molecule has 3 heterocycles. The van der Waals surface area contributed by atoms with Crippen molar-refractivity contribution in [1.82, 2.24) is 20.1 Å². The largest absolute Gasteiger partial charge is 0.496 e. The van der Waals surface area contributed by atoms with Crippen LogP contribution in [0.5, 0.6) is 5.75 Å². The van der Waals surface area contributed by atoms with Gasteiger partial charge in [-0.05, 0) is 30.2 Å². The van der Waals surface area contributed by atoms with E-state index in [1.165, 1.54) is 0 Å². The second-order valence-corrected chi connectivity index (χ2v) is 7.24. The molecule has 0 saturated carbocycles. The van der Waals surface area contributed by atoms with Crippen molar-refractivity contribution < 1.29 is 9.53 Å². The fraction of sp³-hybridized carbons (Fsp3) is 0.318. The van der Waals surface area contributed by atoms with Gasteiger partial charge < -0.3 is 15.0 Å². The zero-order valence-corrected chi connectivity index (χ0v) is 16.7. The lowest BCUT2D eigenvalue weighted by Gasteiger charge is -2.14. The van der Waals surface area contributed by atoms with Crippen molar-refractivity contribution in [3.63, 3.8) is 0 Å². The number of pyridine rings is 1. The lowest BCUT2D eigenvalue weighted by molar-refractivity contribution is -0.127. The average Bonchev–Trinajstić information content (AvgIpc) is 3.42. The van der Waals surface area contributed by atoms with Crippen LogP contribution < -0.4 is 10.1 Å². The number of methoxy groups -OCH3 is 1. The Kier molecular flexibility index (Phi) is 5.46. The zero-order valence-electron chi connectivity index (χ0n) is 16.7. The Balaban J connectivity index is 1.51. The van der Waals surface area contributed by atoms with Gasteiger partial charge in [-0.1, -0.05) is 18.2 Å². The number of likely N-dealkylation sites (tertiary alicyclic amines) is 1. The summed E-state index contributed by atoms with van der Waals surface area (Å²) in [6, 6.07) is 11.9. The number of nitrogens with zero attached hydrogens (tertiary/aromatic N) is 3. The first-order valence-electron chi connectivity index (χ1n) is 9.76. The van der Waals surface area contributed by atoms with E-state index >= 15 is 0 Å². The number of benzene rings is 1. The maximum absolute atomic E-state index is 11.7. The summed E-state index contributed by atoms with van der Waals surface area (Å²) in [5.41, 5.74) is 4.26. The first-order valence-corrected chi connectivity index (χ1v) is 9.76. The van der Waals surface area contributed by atoms with Crippen LogP contribution in [0.4, 0.5) is 5.82 Å². The van der Waals surface area contributed by atoms with Gasteiger partial charge in [-0.25, -0.2) is 4.98 Å². The Morgan fingerprint density at radius 2 is 2.21 bits per heavy atom. The van der Waals surface area contributed by atoms with Gasteiger partial charge >= 0.3 is 0 Å². The van der Waals surface area contributed by atoms with Gasteiger partial charge in [0.25, 0.3) is 0 Å². The zero-order chi connectivity index (χ0) is 20.2. The number of hydrogen-bond donors (Lipinski definition) is 2. The van der Waals surface area contributed by atoms with Crippen LogP contribution in [0.1, 0.15) is 30.5 Å². The molecule has 0 unspecified atom stereocenters. The molecule has 1 amide bonds. The molecule has 0 spiro atoms. The van der Waals surface area contributed by atoms with Gasteiger partial charge in [0.05, 0.1) is 13.3 Å². The van der Waals surface area contributed by atoms with Gasteiger partial charge in [0, 0.05) is 55.5 Å². The van der Waals surface area contributed by atoms with E-state index < -0.39 is 0 Å². The number of ether oxygens (including phenoxy) is 1. The van der Waals surface area contributed by atoms with Crippen molar-refractivity contribution >= 4 is 11.7 Å². The van der Waals surface area contributed by atoms with Crippen LogP contribution >= 0.6 is 0 Å². The first-order chi connectivity index (χ1) is 14.2. The van der Waals surface area contributed by atoms with E-state index in [1.54, 1.807) is 20.2 Å². The molecule has 7 heteroatoms. The highest BCUT2D eigenvalue weighted by Gasteiger charge is 2.28. The van der Waals surface area contributed by atoms with E-state index in [2.05, 4.69) is 20.5 Å². The van der Waals surface area contributed by atoms with Gasteiger partial charge in [-0.15, -0.1) is 0 Å². The van der Waals surface area contributed by atoms with Gasteiger partial charge in [-0.3, -0.25) is 9.89 Å². The quantitative estimate of drug-likeness (QED) is 0.673. The van der Waals surface area contributed by atoms with Gasteiger partial charge in [0.2, 0.25) is 5.91 Å². The number of aromatic amines is 1. The number of H-pyrrole nitrogens is 1. The van der Waals surface area contributed by atoms with E-state index in [1.807, 2.05) is 47.5 Å². The molecule has 3 aromatic rings. The topological polar surface area (TPSA) is 83.1 Å².